The number of amides is 2. The van der Waals surface area contributed by atoms with Crippen LogP contribution in [-0.4, -0.2) is 53.3 Å². The van der Waals surface area contributed by atoms with Crippen molar-refractivity contribution >= 4 is 11.8 Å². The van der Waals surface area contributed by atoms with Crippen LogP contribution in [0.15, 0.2) is 84.9 Å². The van der Waals surface area contributed by atoms with Crippen molar-refractivity contribution in [1.29, 1.82) is 0 Å². The summed E-state index contributed by atoms with van der Waals surface area (Å²) in [4.78, 5) is 26.1. The van der Waals surface area contributed by atoms with Gasteiger partial charge in [-0.15, -0.1) is 0 Å². The highest BCUT2D eigenvalue weighted by molar-refractivity contribution is 5.86. The van der Waals surface area contributed by atoms with E-state index in [2.05, 4.69) is 10.6 Å². The standard InChI is InChI=1S/C36H40N2O6/c1-41-29-11-5-25(6-12-29)17-19-37-35(39)21-27-9-15-31(43-3)23-33(27)34-24-32(44-4)16-10-28(34)22-36(40)38-20-18-26-7-13-30(42-2)14-8-26/h5-16,23-24H,17-22H2,1-4H3,(H,37,39)(H,38,40). The van der Waals surface area contributed by atoms with Crippen molar-refractivity contribution < 1.29 is 28.5 Å². The monoisotopic (exact) mass is 596 g/mol. The lowest BCUT2D eigenvalue weighted by atomic mass is 9.91. The summed E-state index contributed by atoms with van der Waals surface area (Å²) in [6.07, 6.45) is 1.76. The van der Waals surface area contributed by atoms with Crippen molar-refractivity contribution in [1.82, 2.24) is 10.6 Å². The summed E-state index contributed by atoms with van der Waals surface area (Å²) < 4.78 is 21.5. The lowest BCUT2D eigenvalue weighted by Gasteiger charge is -2.17. The van der Waals surface area contributed by atoms with Crippen LogP contribution >= 0.6 is 0 Å². The Morgan fingerprint density at radius 3 is 1.18 bits per heavy atom. The van der Waals surface area contributed by atoms with E-state index >= 15 is 0 Å². The maximum atomic E-state index is 13.0. The van der Waals surface area contributed by atoms with Gasteiger partial charge in [-0.25, -0.2) is 0 Å². The van der Waals surface area contributed by atoms with E-state index in [1.165, 1.54) is 0 Å². The fraction of sp³-hybridized carbons (Fsp3) is 0.278. The normalized spacial score (nSPS) is 10.5. The maximum absolute atomic E-state index is 13.0. The van der Waals surface area contributed by atoms with Crippen LogP contribution in [0, 0.1) is 0 Å². The van der Waals surface area contributed by atoms with E-state index in [9.17, 15) is 9.59 Å². The molecule has 4 rings (SSSR count). The fourth-order valence-electron chi connectivity index (χ4n) is 4.92. The van der Waals surface area contributed by atoms with Crippen molar-refractivity contribution in [3.63, 3.8) is 0 Å². The van der Waals surface area contributed by atoms with E-state index in [1.54, 1.807) is 28.4 Å². The van der Waals surface area contributed by atoms with Gasteiger partial charge in [0.1, 0.15) is 23.0 Å². The van der Waals surface area contributed by atoms with Gasteiger partial charge in [-0.3, -0.25) is 9.59 Å². The van der Waals surface area contributed by atoms with E-state index < -0.39 is 0 Å². The number of nitrogens with one attached hydrogen (secondary N) is 2. The Morgan fingerprint density at radius 1 is 0.500 bits per heavy atom. The quantitative estimate of drug-likeness (QED) is 0.196. The molecule has 0 aromatic heterocycles. The average Bonchev–Trinajstić information content (AvgIpc) is 3.05. The van der Waals surface area contributed by atoms with Crippen LogP contribution in [0.1, 0.15) is 22.3 Å². The zero-order chi connectivity index (χ0) is 31.3. The molecule has 0 heterocycles. The minimum atomic E-state index is -0.0920. The Hall–Kier alpha value is -4.98. The molecule has 2 amide bonds. The molecule has 0 bridgehead atoms. The minimum absolute atomic E-state index is 0.0920. The number of carbonyl (C=O) groups excluding carboxylic acids is 2. The maximum Gasteiger partial charge on any atom is 0.224 e. The smallest absolute Gasteiger partial charge is 0.224 e. The highest BCUT2D eigenvalue weighted by atomic mass is 16.5. The summed E-state index contributed by atoms with van der Waals surface area (Å²) in [5, 5.41) is 6.06. The molecule has 44 heavy (non-hydrogen) atoms. The van der Waals surface area contributed by atoms with Crippen molar-refractivity contribution in [3.8, 4) is 34.1 Å². The Labute approximate surface area is 259 Å². The Balaban J connectivity index is 1.46. The molecule has 0 unspecified atom stereocenters. The van der Waals surface area contributed by atoms with Gasteiger partial charge in [0.2, 0.25) is 11.8 Å². The molecule has 0 aliphatic rings. The molecular weight excluding hydrogens is 556 g/mol. The topological polar surface area (TPSA) is 95.1 Å². The highest BCUT2D eigenvalue weighted by Gasteiger charge is 2.17. The number of hydrogen-bond donors (Lipinski definition) is 2. The van der Waals surface area contributed by atoms with Gasteiger partial charge in [-0.2, -0.15) is 0 Å². The average molecular weight is 597 g/mol. The fourth-order valence-corrected chi connectivity index (χ4v) is 4.92. The van der Waals surface area contributed by atoms with E-state index in [4.69, 9.17) is 18.9 Å². The number of methoxy groups -OCH3 is 4. The van der Waals surface area contributed by atoms with Gasteiger partial charge >= 0.3 is 0 Å². The zero-order valence-electron chi connectivity index (χ0n) is 25.8. The predicted molar refractivity (Wildman–Crippen MR) is 172 cm³/mol. The van der Waals surface area contributed by atoms with Crippen molar-refractivity contribution in [2.75, 3.05) is 41.5 Å². The molecular formula is C36H40N2O6. The number of ether oxygens (including phenoxy) is 4. The third-order valence-corrected chi connectivity index (χ3v) is 7.42. The first-order valence-electron chi connectivity index (χ1n) is 14.6. The van der Waals surface area contributed by atoms with Crippen molar-refractivity contribution in [3.05, 3.63) is 107 Å². The molecule has 4 aromatic carbocycles. The van der Waals surface area contributed by atoms with Gasteiger partial charge in [-0.1, -0.05) is 36.4 Å². The summed E-state index contributed by atoms with van der Waals surface area (Å²) in [5.41, 5.74) is 5.49. The zero-order valence-corrected chi connectivity index (χ0v) is 25.8. The molecule has 0 fully saturated rings. The Kier molecular flexibility index (Phi) is 11.6. The molecule has 2 N–H and O–H groups in total. The SMILES string of the molecule is COc1ccc(CCNC(=O)Cc2ccc(OC)cc2-c2cc(OC)ccc2CC(=O)NCCc2ccc(OC)cc2)cc1. The molecule has 0 aliphatic heterocycles. The number of carbonyl (C=O) groups is 2. The van der Waals surface area contributed by atoms with E-state index in [1.807, 2.05) is 84.9 Å². The molecule has 0 spiro atoms. The third-order valence-electron chi connectivity index (χ3n) is 7.42. The molecule has 230 valence electrons. The molecule has 8 heteroatoms. The number of rotatable bonds is 15. The predicted octanol–water partition coefficient (Wildman–Crippen LogP) is 5.19. The summed E-state index contributed by atoms with van der Waals surface area (Å²) in [6, 6.07) is 26.9. The van der Waals surface area contributed by atoms with Gasteiger partial charge < -0.3 is 29.6 Å². The van der Waals surface area contributed by atoms with Crippen LogP contribution in [0.4, 0.5) is 0 Å². The van der Waals surface area contributed by atoms with Crippen LogP contribution in [0.3, 0.4) is 0 Å². The van der Waals surface area contributed by atoms with Gasteiger partial charge in [-0.05, 0) is 94.8 Å². The summed E-state index contributed by atoms with van der Waals surface area (Å²) in [7, 11) is 6.48. The molecule has 0 aliphatic carbocycles. The number of hydrogen-bond acceptors (Lipinski definition) is 6. The van der Waals surface area contributed by atoms with Gasteiger partial charge in [0.25, 0.3) is 0 Å². The molecule has 0 saturated heterocycles. The first-order chi connectivity index (χ1) is 21.4. The Morgan fingerprint density at radius 2 is 0.841 bits per heavy atom. The van der Waals surface area contributed by atoms with Crippen LogP contribution in [0.2, 0.25) is 0 Å². The first-order valence-corrected chi connectivity index (χ1v) is 14.6. The second kappa shape index (κ2) is 16.0. The summed E-state index contributed by atoms with van der Waals surface area (Å²) in [6.45, 7) is 1.02. The Bertz CT molecular complexity index is 1420. The van der Waals surface area contributed by atoms with Crippen LogP contribution in [-0.2, 0) is 35.3 Å². The largest absolute Gasteiger partial charge is 0.497 e. The summed E-state index contributed by atoms with van der Waals surface area (Å²) >= 11 is 0. The molecule has 4 aromatic rings. The van der Waals surface area contributed by atoms with E-state index in [0.717, 1.165) is 44.9 Å². The third kappa shape index (κ3) is 9.01. The van der Waals surface area contributed by atoms with Crippen molar-refractivity contribution in [2.24, 2.45) is 0 Å². The second-order valence-electron chi connectivity index (χ2n) is 10.3. The summed E-state index contributed by atoms with van der Waals surface area (Å²) in [5.74, 6) is 2.72. The van der Waals surface area contributed by atoms with E-state index in [0.29, 0.717) is 37.4 Å². The van der Waals surface area contributed by atoms with Gasteiger partial charge in [0, 0.05) is 13.1 Å². The second-order valence-corrected chi connectivity index (χ2v) is 10.3. The molecule has 0 atom stereocenters. The van der Waals surface area contributed by atoms with Crippen LogP contribution < -0.4 is 29.6 Å². The van der Waals surface area contributed by atoms with E-state index in [-0.39, 0.29) is 24.7 Å². The van der Waals surface area contributed by atoms with Crippen LogP contribution in [0.5, 0.6) is 23.0 Å². The van der Waals surface area contributed by atoms with Crippen molar-refractivity contribution in [2.45, 2.75) is 25.7 Å². The lowest BCUT2D eigenvalue weighted by molar-refractivity contribution is -0.121. The van der Waals surface area contributed by atoms with Crippen LogP contribution in [0.25, 0.3) is 11.1 Å². The number of benzene rings is 4. The minimum Gasteiger partial charge on any atom is -0.497 e. The molecule has 8 nitrogen and oxygen atoms in total. The molecule has 0 saturated carbocycles. The van der Waals surface area contributed by atoms with Gasteiger partial charge in [0.05, 0.1) is 41.3 Å². The van der Waals surface area contributed by atoms with Gasteiger partial charge in [0.15, 0.2) is 0 Å². The highest BCUT2D eigenvalue weighted by Crippen LogP contribution is 2.34. The first kappa shape index (κ1) is 31.9. The molecule has 0 radical (unpaired) electrons. The lowest BCUT2D eigenvalue weighted by Crippen LogP contribution is -2.28.